The fourth-order valence-electron chi connectivity index (χ4n) is 5.09. The molecular weight excluding hydrogens is 460 g/mol. The zero-order valence-electron chi connectivity index (χ0n) is 21.3. The smallest absolute Gasteiger partial charge is 0.175 e. The Hall–Kier alpha value is -2.09. The van der Waals surface area contributed by atoms with Gasteiger partial charge < -0.3 is 20.4 Å². The first kappa shape index (κ1) is 27.5. The first-order valence-corrected chi connectivity index (χ1v) is 14.9. The number of unbranched alkanes of at least 4 members (excludes halogenated alkanes) is 3. The Morgan fingerprint density at radius 2 is 1.83 bits per heavy atom. The second-order valence-electron chi connectivity index (χ2n) is 9.84. The summed E-state index contributed by atoms with van der Waals surface area (Å²) in [6, 6.07) is 11.3. The van der Waals surface area contributed by atoms with Crippen molar-refractivity contribution >= 4 is 9.84 Å². The van der Waals surface area contributed by atoms with Crippen LogP contribution in [0.25, 0.3) is 0 Å². The maximum Gasteiger partial charge on any atom is 0.175 e. The zero-order valence-corrected chi connectivity index (χ0v) is 22.1. The normalized spacial score (nSPS) is 15.9. The van der Waals surface area contributed by atoms with E-state index in [1.807, 2.05) is 18.2 Å². The van der Waals surface area contributed by atoms with Crippen LogP contribution in [-0.4, -0.2) is 62.0 Å². The molecule has 7 heteroatoms. The van der Waals surface area contributed by atoms with Crippen molar-refractivity contribution < 1.29 is 18.6 Å². The molecule has 0 bridgehead atoms. The van der Waals surface area contributed by atoms with Crippen molar-refractivity contribution in [1.29, 1.82) is 0 Å². The zero-order chi connectivity index (χ0) is 25.3. The minimum Gasteiger partial charge on any atom is -0.504 e. The number of fused-ring (bicyclic) bond motifs is 1. The predicted octanol–water partition coefficient (Wildman–Crippen LogP) is 4.46. The summed E-state index contributed by atoms with van der Waals surface area (Å²) in [4.78, 5) is 3.01. The quantitative estimate of drug-likeness (QED) is 0.261. The van der Waals surface area contributed by atoms with Gasteiger partial charge in [-0.1, -0.05) is 38.0 Å². The number of nitrogens with one attached hydrogen (secondary N) is 1. The van der Waals surface area contributed by atoms with E-state index in [2.05, 4.69) is 17.1 Å². The number of sulfone groups is 1. The molecule has 0 spiro atoms. The number of hydrogen-bond donors (Lipinski definition) is 3. The third kappa shape index (κ3) is 8.23. The standard InChI is InChI=1S/C28H42N2O4S/c1-3-18-30(24-12-13-26-23(21-24)11-14-27(31)28(26)32)19-7-5-4-6-16-29-17-15-22-9-8-10-25(20-22)35(2,33)34/h8-11,14,20,24,29,31-32H,3-7,12-13,15-19,21H2,1-2H3/t24-/m0/s1. The summed E-state index contributed by atoms with van der Waals surface area (Å²) in [5.41, 5.74) is 3.15. The van der Waals surface area contributed by atoms with Crippen molar-refractivity contribution in [3.8, 4) is 11.5 Å². The highest BCUT2D eigenvalue weighted by molar-refractivity contribution is 7.90. The second-order valence-corrected chi connectivity index (χ2v) is 11.9. The van der Waals surface area contributed by atoms with Gasteiger partial charge in [-0.15, -0.1) is 0 Å². The maximum absolute atomic E-state index is 11.7. The van der Waals surface area contributed by atoms with Crippen molar-refractivity contribution in [1.82, 2.24) is 10.2 Å². The number of hydrogen-bond acceptors (Lipinski definition) is 6. The maximum atomic E-state index is 11.7. The molecule has 0 aliphatic heterocycles. The highest BCUT2D eigenvalue weighted by Crippen LogP contribution is 2.36. The lowest BCUT2D eigenvalue weighted by Gasteiger charge is -2.35. The topological polar surface area (TPSA) is 89.9 Å². The molecule has 35 heavy (non-hydrogen) atoms. The molecule has 2 aromatic rings. The summed E-state index contributed by atoms with van der Waals surface area (Å²) in [5, 5.41) is 23.4. The molecule has 1 aliphatic rings. The van der Waals surface area contributed by atoms with Gasteiger partial charge in [-0.2, -0.15) is 0 Å². The Morgan fingerprint density at radius 1 is 1.03 bits per heavy atom. The lowest BCUT2D eigenvalue weighted by molar-refractivity contribution is 0.175. The van der Waals surface area contributed by atoms with Crippen LogP contribution in [0.1, 0.15) is 62.1 Å². The lowest BCUT2D eigenvalue weighted by Crippen LogP contribution is -2.40. The van der Waals surface area contributed by atoms with Crippen LogP contribution in [0.4, 0.5) is 0 Å². The summed E-state index contributed by atoms with van der Waals surface area (Å²) >= 11 is 0. The highest BCUT2D eigenvalue weighted by Gasteiger charge is 2.26. The van der Waals surface area contributed by atoms with Crippen molar-refractivity contribution in [3.05, 3.63) is 53.1 Å². The third-order valence-electron chi connectivity index (χ3n) is 7.03. The predicted molar refractivity (Wildman–Crippen MR) is 142 cm³/mol. The van der Waals surface area contributed by atoms with Gasteiger partial charge in [0.2, 0.25) is 0 Å². The van der Waals surface area contributed by atoms with Gasteiger partial charge in [0.1, 0.15) is 0 Å². The number of nitrogens with zero attached hydrogens (tertiary/aromatic N) is 1. The second kappa shape index (κ2) is 13.3. The molecule has 3 rings (SSSR count). The molecule has 0 saturated heterocycles. The van der Waals surface area contributed by atoms with E-state index in [1.54, 1.807) is 18.2 Å². The Morgan fingerprint density at radius 3 is 2.60 bits per heavy atom. The minimum atomic E-state index is -3.15. The first-order valence-electron chi connectivity index (χ1n) is 13.1. The number of phenols is 2. The average Bonchev–Trinajstić information content (AvgIpc) is 2.84. The third-order valence-corrected chi connectivity index (χ3v) is 8.14. The van der Waals surface area contributed by atoms with Crippen LogP contribution in [0.5, 0.6) is 11.5 Å². The molecule has 0 radical (unpaired) electrons. The van der Waals surface area contributed by atoms with Gasteiger partial charge in [-0.05, 0) is 100 Å². The van der Waals surface area contributed by atoms with Crippen molar-refractivity contribution in [3.63, 3.8) is 0 Å². The lowest BCUT2D eigenvalue weighted by atomic mass is 9.86. The molecular formula is C28H42N2O4S. The van der Waals surface area contributed by atoms with Crippen molar-refractivity contribution in [2.24, 2.45) is 0 Å². The molecule has 3 N–H and O–H groups in total. The van der Waals surface area contributed by atoms with Gasteiger partial charge in [-0.3, -0.25) is 0 Å². The molecule has 2 aromatic carbocycles. The van der Waals surface area contributed by atoms with Gasteiger partial charge in [0.15, 0.2) is 21.3 Å². The van der Waals surface area contributed by atoms with Gasteiger partial charge in [0.05, 0.1) is 4.90 Å². The Labute approximate surface area is 211 Å². The number of phenolic OH excluding ortho intramolecular Hbond substituents is 2. The Bertz CT molecular complexity index is 1050. The van der Waals surface area contributed by atoms with Crippen LogP contribution in [0.2, 0.25) is 0 Å². The van der Waals surface area contributed by atoms with E-state index in [4.69, 9.17) is 0 Å². The summed E-state index contributed by atoms with van der Waals surface area (Å²) < 4.78 is 23.4. The molecule has 1 aliphatic carbocycles. The number of aromatic hydroxyl groups is 2. The van der Waals surface area contributed by atoms with Crippen LogP contribution in [0, 0.1) is 0 Å². The summed E-state index contributed by atoms with van der Waals surface area (Å²) in [6.45, 7) is 6.29. The van der Waals surface area contributed by atoms with E-state index in [9.17, 15) is 18.6 Å². The highest BCUT2D eigenvalue weighted by atomic mass is 32.2. The monoisotopic (exact) mass is 502 g/mol. The molecule has 1 atom stereocenters. The fraction of sp³-hybridized carbons (Fsp3) is 0.571. The van der Waals surface area contributed by atoms with Crippen LogP contribution < -0.4 is 5.32 Å². The molecule has 0 unspecified atom stereocenters. The van der Waals surface area contributed by atoms with Crippen molar-refractivity contribution in [2.75, 3.05) is 32.4 Å². The molecule has 194 valence electrons. The molecule has 6 nitrogen and oxygen atoms in total. The number of benzene rings is 2. The van der Waals surface area contributed by atoms with Gasteiger partial charge >= 0.3 is 0 Å². The number of rotatable bonds is 14. The first-order chi connectivity index (χ1) is 16.8. The summed E-state index contributed by atoms with van der Waals surface area (Å²) in [7, 11) is -3.15. The van der Waals surface area contributed by atoms with E-state index in [0.717, 1.165) is 75.8 Å². The Balaban J connectivity index is 1.31. The van der Waals surface area contributed by atoms with E-state index in [-0.39, 0.29) is 11.5 Å². The van der Waals surface area contributed by atoms with E-state index >= 15 is 0 Å². The van der Waals surface area contributed by atoms with Gasteiger partial charge in [-0.25, -0.2) is 8.42 Å². The van der Waals surface area contributed by atoms with E-state index in [1.165, 1.54) is 31.1 Å². The van der Waals surface area contributed by atoms with Crippen LogP contribution in [-0.2, 0) is 29.1 Å². The van der Waals surface area contributed by atoms with Crippen LogP contribution in [0.3, 0.4) is 0 Å². The molecule has 0 heterocycles. The largest absolute Gasteiger partial charge is 0.504 e. The molecule has 0 saturated carbocycles. The Kier molecular flexibility index (Phi) is 10.4. The minimum absolute atomic E-state index is 0.0109. The summed E-state index contributed by atoms with van der Waals surface area (Å²) in [5.74, 6) is 0.0577. The molecule has 0 aromatic heterocycles. The van der Waals surface area contributed by atoms with Gasteiger partial charge in [0.25, 0.3) is 0 Å². The van der Waals surface area contributed by atoms with E-state index in [0.29, 0.717) is 10.9 Å². The van der Waals surface area contributed by atoms with Crippen molar-refractivity contribution in [2.45, 2.75) is 75.6 Å². The van der Waals surface area contributed by atoms with Crippen LogP contribution in [0.15, 0.2) is 41.3 Å². The van der Waals surface area contributed by atoms with Gasteiger partial charge in [0, 0.05) is 17.9 Å². The summed E-state index contributed by atoms with van der Waals surface area (Å²) in [6.07, 6.45) is 10.8. The molecule has 0 fully saturated rings. The van der Waals surface area contributed by atoms with Crippen LogP contribution >= 0.6 is 0 Å². The SMILES string of the molecule is CCCN(CCCCCCNCCc1cccc(S(C)(=O)=O)c1)[C@H]1CCc2c(ccc(O)c2O)C1. The molecule has 0 amide bonds. The fourth-order valence-corrected chi connectivity index (χ4v) is 5.78. The van der Waals surface area contributed by atoms with E-state index < -0.39 is 9.84 Å². The average molecular weight is 503 g/mol.